The molecule has 0 saturated carbocycles. The van der Waals surface area contributed by atoms with Gasteiger partial charge in [-0.05, 0) is 27.2 Å². The zero-order valence-electron chi connectivity index (χ0n) is 15.1. The highest BCUT2D eigenvalue weighted by atomic mass is 32.1. The van der Waals surface area contributed by atoms with E-state index in [1.165, 1.54) is 23.4 Å². The van der Waals surface area contributed by atoms with Gasteiger partial charge in [-0.1, -0.05) is 34.1 Å². The molecule has 1 heterocycles. The van der Waals surface area contributed by atoms with Crippen molar-refractivity contribution in [3.63, 3.8) is 0 Å². The maximum atomic E-state index is 4.94. The molecule has 122 valence electrons. The predicted octanol–water partition coefficient (Wildman–Crippen LogP) is 4.57. The van der Waals surface area contributed by atoms with Gasteiger partial charge in [0.05, 0.1) is 5.69 Å². The van der Waals surface area contributed by atoms with Crippen LogP contribution >= 0.6 is 11.3 Å². The fourth-order valence-corrected chi connectivity index (χ4v) is 3.24. The normalized spacial score (nSPS) is 12.8. The van der Waals surface area contributed by atoms with Gasteiger partial charge in [-0.3, -0.25) is 0 Å². The lowest BCUT2D eigenvalue weighted by Crippen LogP contribution is -2.35. The smallest absolute Gasteiger partial charge is 0.185 e. The van der Waals surface area contributed by atoms with Gasteiger partial charge in [0.25, 0.3) is 0 Å². The van der Waals surface area contributed by atoms with E-state index in [0.29, 0.717) is 0 Å². The molecule has 4 heteroatoms. The van der Waals surface area contributed by atoms with E-state index >= 15 is 0 Å². The Kier molecular flexibility index (Phi) is 6.23. The molecular weight excluding hydrogens is 278 g/mol. The summed E-state index contributed by atoms with van der Waals surface area (Å²) in [4.78, 5) is 8.61. The van der Waals surface area contributed by atoms with Gasteiger partial charge in [0.1, 0.15) is 0 Å². The Hall–Kier alpha value is -0.610. The maximum absolute atomic E-state index is 4.94. The average molecular weight is 312 g/mol. The molecule has 0 aliphatic rings. The molecule has 0 amide bonds. The number of unbranched alkanes of at least 4 members (excludes halogenated alkanes) is 1. The molecule has 0 radical (unpaired) electrons. The molecule has 0 spiro atoms. The SMILES string of the molecule is CCCCN(C)c1nc(C(C)(C)C)c(CNC(C)(C)C)s1. The molecule has 0 atom stereocenters. The summed E-state index contributed by atoms with van der Waals surface area (Å²) in [5, 5.41) is 4.75. The molecule has 0 bridgehead atoms. The molecular formula is C17H33N3S. The molecule has 0 saturated heterocycles. The third-order valence-corrected chi connectivity index (χ3v) is 4.52. The van der Waals surface area contributed by atoms with Crippen molar-refractivity contribution >= 4 is 16.5 Å². The van der Waals surface area contributed by atoms with E-state index in [4.69, 9.17) is 4.98 Å². The molecule has 21 heavy (non-hydrogen) atoms. The van der Waals surface area contributed by atoms with Crippen LogP contribution in [0.25, 0.3) is 0 Å². The summed E-state index contributed by atoms with van der Waals surface area (Å²) >= 11 is 1.84. The van der Waals surface area contributed by atoms with Crippen LogP contribution in [0.15, 0.2) is 0 Å². The van der Waals surface area contributed by atoms with Crippen molar-refractivity contribution in [3.05, 3.63) is 10.6 Å². The number of aromatic nitrogens is 1. The van der Waals surface area contributed by atoms with Gasteiger partial charge in [0.15, 0.2) is 5.13 Å². The number of hydrogen-bond acceptors (Lipinski definition) is 4. The molecule has 1 aromatic heterocycles. The van der Waals surface area contributed by atoms with E-state index in [2.05, 4.69) is 65.7 Å². The Morgan fingerprint density at radius 3 is 2.24 bits per heavy atom. The topological polar surface area (TPSA) is 28.2 Å². The minimum Gasteiger partial charge on any atom is -0.351 e. The highest BCUT2D eigenvalue weighted by Gasteiger charge is 2.25. The second-order valence-corrected chi connectivity index (χ2v) is 8.96. The lowest BCUT2D eigenvalue weighted by atomic mass is 9.91. The van der Waals surface area contributed by atoms with E-state index < -0.39 is 0 Å². The number of rotatable bonds is 6. The van der Waals surface area contributed by atoms with Crippen LogP contribution in [0.3, 0.4) is 0 Å². The molecule has 3 nitrogen and oxygen atoms in total. The first kappa shape index (κ1) is 18.4. The number of nitrogens with zero attached hydrogens (tertiary/aromatic N) is 2. The zero-order chi connectivity index (χ0) is 16.3. The van der Waals surface area contributed by atoms with Gasteiger partial charge >= 0.3 is 0 Å². The van der Waals surface area contributed by atoms with Crippen molar-refractivity contribution in [2.24, 2.45) is 0 Å². The molecule has 0 fully saturated rings. The average Bonchev–Trinajstić information content (AvgIpc) is 2.76. The van der Waals surface area contributed by atoms with Gasteiger partial charge in [-0.2, -0.15) is 0 Å². The summed E-state index contributed by atoms with van der Waals surface area (Å²) in [7, 11) is 2.15. The fourth-order valence-electron chi connectivity index (χ4n) is 2.04. The summed E-state index contributed by atoms with van der Waals surface area (Å²) in [6.07, 6.45) is 2.44. The Morgan fingerprint density at radius 2 is 1.76 bits per heavy atom. The van der Waals surface area contributed by atoms with Crippen molar-refractivity contribution in [1.82, 2.24) is 10.3 Å². The summed E-state index contributed by atoms with van der Waals surface area (Å²) in [6, 6.07) is 0. The van der Waals surface area contributed by atoms with Crippen LogP contribution in [0, 0.1) is 0 Å². The van der Waals surface area contributed by atoms with Gasteiger partial charge in [-0.15, -0.1) is 11.3 Å². The monoisotopic (exact) mass is 311 g/mol. The van der Waals surface area contributed by atoms with E-state index in [0.717, 1.165) is 18.2 Å². The van der Waals surface area contributed by atoms with Crippen molar-refractivity contribution in [1.29, 1.82) is 0 Å². The van der Waals surface area contributed by atoms with Crippen LogP contribution in [-0.4, -0.2) is 24.1 Å². The molecule has 0 aliphatic carbocycles. The second kappa shape index (κ2) is 7.10. The number of thiazole rings is 1. The Bertz CT molecular complexity index is 438. The lowest BCUT2D eigenvalue weighted by molar-refractivity contribution is 0.422. The van der Waals surface area contributed by atoms with Crippen molar-refractivity contribution < 1.29 is 0 Å². The van der Waals surface area contributed by atoms with Crippen molar-refractivity contribution in [2.45, 2.75) is 78.8 Å². The molecule has 0 aromatic carbocycles. The van der Waals surface area contributed by atoms with Crippen LogP contribution in [0.1, 0.15) is 71.9 Å². The molecule has 0 aliphatic heterocycles. The Labute approximate surface area is 135 Å². The number of nitrogens with one attached hydrogen (secondary N) is 1. The molecule has 1 aromatic rings. The van der Waals surface area contributed by atoms with Crippen LogP contribution in [0.5, 0.6) is 0 Å². The van der Waals surface area contributed by atoms with Gasteiger partial charge < -0.3 is 10.2 Å². The van der Waals surface area contributed by atoms with Gasteiger partial charge in [-0.25, -0.2) is 4.98 Å². The van der Waals surface area contributed by atoms with Gasteiger partial charge in [0.2, 0.25) is 0 Å². The first-order chi connectivity index (χ1) is 9.54. The van der Waals surface area contributed by atoms with E-state index in [9.17, 15) is 0 Å². The quantitative estimate of drug-likeness (QED) is 0.834. The highest BCUT2D eigenvalue weighted by molar-refractivity contribution is 7.15. The highest BCUT2D eigenvalue weighted by Crippen LogP contribution is 2.33. The van der Waals surface area contributed by atoms with Crippen LogP contribution < -0.4 is 10.2 Å². The van der Waals surface area contributed by atoms with E-state index in [1.807, 2.05) is 11.3 Å². The van der Waals surface area contributed by atoms with Crippen molar-refractivity contribution in [2.75, 3.05) is 18.5 Å². The first-order valence-corrected chi connectivity index (χ1v) is 8.82. The summed E-state index contributed by atoms with van der Waals surface area (Å²) in [6.45, 7) is 17.6. The molecule has 0 unspecified atom stereocenters. The predicted molar refractivity (Wildman–Crippen MR) is 95.6 cm³/mol. The summed E-state index contributed by atoms with van der Waals surface area (Å²) < 4.78 is 0. The minimum absolute atomic E-state index is 0.0925. The molecule has 1 N–H and O–H groups in total. The summed E-state index contributed by atoms with van der Waals surface area (Å²) in [5.74, 6) is 0. The third-order valence-electron chi connectivity index (χ3n) is 3.35. The van der Waals surface area contributed by atoms with Crippen LogP contribution in [-0.2, 0) is 12.0 Å². The minimum atomic E-state index is 0.0925. The standard InChI is InChI=1S/C17H33N3S/c1-9-10-11-20(8)15-19-14(16(2,3)4)13(21-15)12-18-17(5,6)7/h18H,9-12H2,1-8H3. The van der Waals surface area contributed by atoms with E-state index in [-0.39, 0.29) is 11.0 Å². The van der Waals surface area contributed by atoms with E-state index in [1.54, 1.807) is 0 Å². The Balaban J connectivity index is 2.96. The van der Waals surface area contributed by atoms with Crippen LogP contribution in [0.2, 0.25) is 0 Å². The van der Waals surface area contributed by atoms with Crippen molar-refractivity contribution in [3.8, 4) is 0 Å². The second-order valence-electron chi connectivity index (χ2n) is 7.90. The summed E-state index contributed by atoms with van der Waals surface area (Å²) in [5.41, 5.74) is 1.46. The Morgan fingerprint density at radius 1 is 1.14 bits per heavy atom. The molecule has 1 rings (SSSR count). The third kappa shape index (κ3) is 5.95. The maximum Gasteiger partial charge on any atom is 0.185 e. The van der Waals surface area contributed by atoms with Gasteiger partial charge in [0, 0.05) is 36.0 Å². The lowest BCUT2D eigenvalue weighted by Gasteiger charge is -2.22. The largest absolute Gasteiger partial charge is 0.351 e. The number of anilines is 1. The fraction of sp³-hybridized carbons (Fsp3) is 0.824. The zero-order valence-corrected chi connectivity index (χ0v) is 15.9. The van der Waals surface area contributed by atoms with Crippen LogP contribution in [0.4, 0.5) is 5.13 Å². The number of hydrogen-bond donors (Lipinski definition) is 1. The first-order valence-electron chi connectivity index (χ1n) is 8.01.